The molecule has 5 nitrogen and oxygen atoms in total. The summed E-state index contributed by atoms with van der Waals surface area (Å²) in [6.45, 7) is 0. The Bertz CT molecular complexity index is 898. The number of benzene rings is 1. The molecule has 118 valence electrons. The molecule has 3 aromatic rings. The van der Waals surface area contributed by atoms with Gasteiger partial charge in [0, 0.05) is 30.4 Å². The summed E-state index contributed by atoms with van der Waals surface area (Å²) in [7, 11) is -3.49. The molecule has 0 bridgehead atoms. The van der Waals surface area contributed by atoms with Crippen LogP contribution >= 0.6 is 11.3 Å². The highest BCUT2D eigenvalue weighted by atomic mass is 32.2. The van der Waals surface area contributed by atoms with Crippen molar-refractivity contribution in [3.05, 3.63) is 76.5 Å². The summed E-state index contributed by atoms with van der Waals surface area (Å²) in [6, 6.07) is 10.6. The molecule has 0 saturated heterocycles. The maximum Gasteiger partial charge on any atom is 0.242 e. The zero-order chi connectivity index (χ0) is 16.3. The Balaban J connectivity index is 1.74. The van der Waals surface area contributed by atoms with E-state index in [1.807, 2.05) is 6.07 Å². The second-order valence-corrected chi connectivity index (χ2v) is 7.80. The predicted octanol–water partition coefficient (Wildman–Crippen LogP) is 2.75. The lowest BCUT2D eigenvalue weighted by Gasteiger charge is -2.05. The lowest BCUT2D eigenvalue weighted by atomic mass is 10.2. The van der Waals surface area contributed by atoms with Crippen molar-refractivity contribution in [2.24, 2.45) is 0 Å². The molecule has 23 heavy (non-hydrogen) atoms. The van der Waals surface area contributed by atoms with Crippen molar-refractivity contribution in [3.63, 3.8) is 0 Å². The summed E-state index contributed by atoms with van der Waals surface area (Å²) in [5, 5.41) is 2.17. The molecule has 0 fully saturated rings. The van der Waals surface area contributed by atoms with Crippen LogP contribution in [0.25, 0.3) is 0 Å². The first-order chi connectivity index (χ1) is 11.0. The summed E-state index contributed by atoms with van der Waals surface area (Å²) < 4.78 is 26.0. The van der Waals surface area contributed by atoms with Crippen molar-refractivity contribution in [1.82, 2.24) is 8.96 Å². The van der Waals surface area contributed by atoms with Gasteiger partial charge in [-0.1, -0.05) is 30.3 Å². The van der Waals surface area contributed by atoms with Gasteiger partial charge in [0.1, 0.15) is 0 Å². The second-order valence-electron chi connectivity index (χ2n) is 5.03. The largest absolute Gasteiger partial charge is 0.291 e. The van der Waals surface area contributed by atoms with Crippen molar-refractivity contribution in [2.45, 2.75) is 12.2 Å². The first-order valence-electron chi connectivity index (χ1n) is 6.91. The van der Waals surface area contributed by atoms with Crippen molar-refractivity contribution >= 4 is 27.1 Å². The lowest BCUT2D eigenvalue weighted by Crippen LogP contribution is -2.13. The van der Waals surface area contributed by atoms with Gasteiger partial charge in [0.2, 0.25) is 10.0 Å². The number of aromatic nitrogens is 2. The van der Waals surface area contributed by atoms with Gasteiger partial charge < -0.3 is 0 Å². The van der Waals surface area contributed by atoms with E-state index in [9.17, 15) is 13.2 Å². The zero-order valence-corrected chi connectivity index (χ0v) is 13.8. The van der Waals surface area contributed by atoms with Crippen LogP contribution in [0.3, 0.4) is 0 Å². The maximum atomic E-state index is 12.4. The Hall–Kier alpha value is -2.25. The van der Waals surface area contributed by atoms with Crippen molar-refractivity contribution in [1.29, 1.82) is 0 Å². The topological polar surface area (TPSA) is 69.0 Å². The fourth-order valence-corrected chi connectivity index (χ4v) is 4.06. The van der Waals surface area contributed by atoms with Crippen molar-refractivity contribution < 1.29 is 13.2 Å². The molecule has 0 aliphatic heterocycles. The normalized spacial score (nSPS) is 11.5. The molecule has 0 unspecified atom stereocenters. The highest BCUT2D eigenvalue weighted by Gasteiger charge is 2.16. The lowest BCUT2D eigenvalue weighted by molar-refractivity contribution is 0.0992. The molecule has 7 heteroatoms. The van der Waals surface area contributed by atoms with Crippen LogP contribution in [-0.2, 0) is 22.2 Å². The molecule has 0 atom stereocenters. The third-order valence-electron chi connectivity index (χ3n) is 3.28. The van der Waals surface area contributed by atoms with Crippen LogP contribution in [-0.4, -0.2) is 23.2 Å². The molecule has 0 N–H and O–H groups in total. The highest BCUT2D eigenvalue weighted by molar-refractivity contribution is 7.89. The summed E-state index contributed by atoms with van der Waals surface area (Å²) in [5.41, 5.74) is 1.38. The highest BCUT2D eigenvalue weighted by Crippen LogP contribution is 2.14. The summed E-state index contributed by atoms with van der Waals surface area (Å²) >= 11 is 1.28. The smallest absolute Gasteiger partial charge is 0.242 e. The molecular formula is C16H14N2O3S2. The summed E-state index contributed by atoms with van der Waals surface area (Å²) in [4.78, 5) is 16.0. The van der Waals surface area contributed by atoms with Gasteiger partial charge in [-0.3, -0.25) is 8.77 Å². The summed E-state index contributed by atoms with van der Waals surface area (Å²) in [5.74, 6) is -0.194. The van der Waals surface area contributed by atoms with Crippen LogP contribution in [0.4, 0.5) is 0 Å². The SMILES string of the molecule is O=C(Cc1ccn(S(=O)(=O)Cc2ccccc2)c1)c1nccs1. The molecule has 0 radical (unpaired) electrons. The number of hydrogen-bond donors (Lipinski definition) is 0. The van der Waals surface area contributed by atoms with E-state index in [0.29, 0.717) is 10.6 Å². The summed E-state index contributed by atoms with van der Waals surface area (Å²) in [6.07, 6.45) is 4.68. The molecule has 1 aromatic carbocycles. The molecule has 0 amide bonds. The van der Waals surface area contributed by atoms with Gasteiger partial charge in [0.15, 0.2) is 10.8 Å². The molecule has 0 spiro atoms. The third-order valence-corrected chi connectivity index (χ3v) is 5.66. The number of ketones is 1. The Labute approximate surface area is 138 Å². The number of thiazole rings is 1. The van der Waals surface area contributed by atoms with Crippen LogP contribution in [0.5, 0.6) is 0 Å². The molecular weight excluding hydrogens is 332 g/mol. The second kappa shape index (κ2) is 6.47. The van der Waals surface area contributed by atoms with E-state index in [1.165, 1.54) is 27.7 Å². The van der Waals surface area contributed by atoms with Gasteiger partial charge in [0.05, 0.1) is 5.75 Å². The maximum absolute atomic E-state index is 12.4. The van der Waals surface area contributed by atoms with Gasteiger partial charge in [-0.25, -0.2) is 13.4 Å². The standard InChI is InChI=1S/C16H14N2O3S2/c19-15(16-17-7-9-22-16)10-14-6-8-18(11-14)23(20,21)12-13-4-2-1-3-5-13/h1-9,11H,10,12H2. The van der Waals surface area contributed by atoms with Gasteiger partial charge in [-0.05, 0) is 17.2 Å². The van der Waals surface area contributed by atoms with E-state index >= 15 is 0 Å². The molecule has 0 aliphatic carbocycles. The molecule has 2 heterocycles. The Kier molecular flexibility index (Phi) is 4.40. The minimum absolute atomic E-state index is 0.0810. The third kappa shape index (κ3) is 3.75. The minimum Gasteiger partial charge on any atom is -0.291 e. The van der Waals surface area contributed by atoms with Gasteiger partial charge >= 0.3 is 0 Å². The number of hydrogen-bond acceptors (Lipinski definition) is 5. The Morgan fingerprint density at radius 2 is 1.91 bits per heavy atom. The molecule has 3 rings (SSSR count). The predicted molar refractivity (Wildman–Crippen MR) is 89.0 cm³/mol. The monoisotopic (exact) mass is 346 g/mol. The quantitative estimate of drug-likeness (QED) is 0.644. The number of carbonyl (C=O) groups excluding carboxylic acids is 1. The van der Waals surface area contributed by atoms with Crippen LogP contribution in [0.2, 0.25) is 0 Å². The van der Waals surface area contributed by atoms with Gasteiger partial charge in [0.25, 0.3) is 0 Å². The molecule has 2 aromatic heterocycles. The first-order valence-corrected chi connectivity index (χ1v) is 9.40. The number of carbonyl (C=O) groups is 1. The van der Waals surface area contributed by atoms with Crippen molar-refractivity contribution in [3.8, 4) is 0 Å². The van der Waals surface area contributed by atoms with E-state index < -0.39 is 10.0 Å². The van der Waals surface area contributed by atoms with E-state index in [1.54, 1.807) is 41.9 Å². The average molecular weight is 346 g/mol. The van der Waals surface area contributed by atoms with E-state index in [0.717, 1.165) is 5.56 Å². The minimum atomic E-state index is -3.49. The van der Waals surface area contributed by atoms with E-state index in [-0.39, 0.29) is 18.0 Å². The van der Waals surface area contributed by atoms with E-state index in [4.69, 9.17) is 0 Å². The zero-order valence-electron chi connectivity index (χ0n) is 12.1. The first kappa shape index (κ1) is 15.6. The van der Waals surface area contributed by atoms with Gasteiger partial charge in [-0.2, -0.15) is 0 Å². The van der Waals surface area contributed by atoms with Crippen molar-refractivity contribution in [2.75, 3.05) is 0 Å². The Morgan fingerprint density at radius 1 is 1.13 bits per heavy atom. The van der Waals surface area contributed by atoms with Crippen LogP contribution < -0.4 is 0 Å². The number of rotatable bonds is 6. The van der Waals surface area contributed by atoms with Crippen LogP contribution in [0.1, 0.15) is 20.9 Å². The van der Waals surface area contributed by atoms with Gasteiger partial charge in [-0.15, -0.1) is 11.3 Å². The number of Topliss-reactive ketones (excluding diaryl/α,β-unsaturated/α-hetero) is 1. The fraction of sp³-hybridized carbons (Fsp3) is 0.125. The number of nitrogens with zero attached hydrogens (tertiary/aromatic N) is 2. The van der Waals surface area contributed by atoms with E-state index in [2.05, 4.69) is 4.98 Å². The molecule has 0 saturated carbocycles. The Morgan fingerprint density at radius 3 is 2.61 bits per heavy atom. The van der Waals surface area contributed by atoms with Crippen LogP contribution in [0.15, 0.2) is 60.4 Å². The fourth-order valence-electron chi connectivity index (χ4n) is 2.18. The molecule has 0 aliphatic rings. The average Bonchev–Trinajstić information content (AvgIpc) is 3.19. The van der Waals surface area contributed by atoms with Crippen LogP contribution in [0, 0.1) is 0 Å².